The van der Waals surface area contributed by atoms with Crippen LogP contribution >= 0.6 is 11.6 Å². The number of methoxy groups -OCH3 is 1. The number of hydrogen-bond donors (Lipinski definition) is 0. The third-order valence-corrected chi connectivity index (χ3v) is 1.49. The number of carbonyl (C=O) groups is 2. The summed E-state index contributed by atoms with van der Waals surface area (Å²) in [6.07, 6.45) is 0.872. The second kappa shape index (κ2) is 8.01. The zero-order chi connectivity index (χ0) is 10.1. The Kier molecular flexibility index (Phi) is 7.63. The van der Waals surface area contributed by atoms with Crippen LogP contribution in [0.15, 0.2) is 0 Å². The van der Waals surface area contributed by atoms with Crippen molar-refractivity contribution in [2.75, 3.05) is 20.3 Å². The smallest absolute Gasteiger partial charge is 0.305 e. The number of rotatable bonds is 7. The van der Waals surface area contributed by atoms with Gasteiger partial charge in [0.05, 0.1) is 6.61 Å². The maximum absolute atomic E-state index is 10.9. The second-order valence-corrected chi connectivity index (χ2v) is 2.84. The number of carbonyl (C=O) groups excluding carboxylic acids is 2. The van der Waals surface area contributed by atoms with E-state index in [-0.39, 0.29) is 25.4 Å². The molecule has 0 heterocycles. The van der Waals surface area contributed by atoms with Gasteiger partial charge < -0.3 is 9.47 Å². The molecule has 0 aromatic carbocycles. The van der Waals surface area contributed by atoms with Crippen molar-refractivity contribution in [3.05, 3.63) is 0 Å². The lowest BCUT2D eigenvalue weighted by Crippen LogP contribution is -2.09. The molecule has 0 spiro atoms. The van der Waals surface area contributed by atoms with Gasteiger partial charge in [0, 0.05) is 20.0 Å². The molecule has 0 unspecified atom stereocenters. The summed E-state index contributed by atoms with van der Waals surface area (Å²) in [4.78, 5) is 21.1. The van der Waals surface area contributed by atoms with Crippen molar-refractivity contribution >= 4 is 22.8 Å². The SMILES string of the molecule is COCCOC(=O)CCCC(=O)Cl. The molecule has 0 aliphatic heterocycles. The molecule has 0 N–H and O–H groups in total. The van der Waals surface area contributed by atoms with E-state index in [0.29, 0.717) is 13.0 Å². The van der Waals surface area contributed by atoms with Gasteiger partial charge in [-0.1, -0.05) is 0 Å². The Morgan fingerprint density at radius 1 is 1.23 bits per heavy atom. The third-order valence-electron chi connectivity index (χ3n) is 1.30. The average molecular weight is 209 g/mol. The molecule has 0 saturated carbocycles. The Morgan fingerprint density at radius 2 is 1.92 bits per heavy atom. The first kappa shape index (κ1) is 12.4. The van der Waals surface area contributed by atoms with E-state index in [4.69, 9.17) is 16.3 Å². The summed E-state index contributed by atoms with van der Waals surface area (Å²) in [6, 6.07) is 0. The lowest BCUT2D eigenvalue weighted by atomic mass is 10.2. The van der Waals surface area contributed by atoms with Gasteiger partial charge >= 0.3 is 5.97 Å². The predicted octanol–water partition coefficient (Wildman–Crippen LogP) is 1.11. The van der Waals surface area contributed by atoms with Crippen molar-refractivity contribution in [1.82, 2.24) is 0 Å². The van der Waals surface area contributed by atoms with Crippen molar-refractivity contribution in [3.63, 3.8) is 0 Å². The first-order valence-electron chi connectivity index (χ1n) is 3.99. The molecule has 0 aliphatic rings. The topological polar surface area (TPSA) is 52.6 Å². The monoisotopic (exact) mass is 208 g/mol. The fraction of sp³-hybridized carbons (Fsp3) is 0.750. The van der Waals surface area contributed by atoms with Crippen LogP contribution < -0.4 is 0 Å². The van der Waals surface area contributed by atoms with E-state index in [0.717, 1.165) is 0 Å². The van der Waals surface area contributed by atoms with Gasteiger partial charge in [-0.05, 0) is 18.0 Å². The van der Waals surface area contributed by atoms with Gasteiger partial charge in [0.15, 0.2) is 0 Å². The fourth-order valence-electron chi connectivity index (χ4n) is 0.683. The highest BCUT2D eigenvalue weighted by molar-refractivity contribution is 6.63. The molecule has 76 valence electrons. The quantitative estimate of drug-likeness (QED) is 0.357. The van der Waals surface area contributed by atoms with E-state index in [1.807, 2.05) is 0 Å². The van der Waals surface area contributed by atoms with Gasteiger partial charge in [0.1, 0.15) is 6.61 Å². The summed E-state index contributed by atoms with van der Waals surface area (Å²) in [6.45, 7) is 0.643. The summed E-state index contributed by atoms with van der Waals surface area (Å²) < 4.78 is 9.43. The second-order valence-electron chi connectivity index (χ2n) is 2.42. The van der Waals surface area contributed by atoms with Gasteiger partial charge in [-0.2, -0.15) is 0 Å². The summed E-state index contributed by atoms with van der Waals surface area (Å²) in [5, 5.41) is -0.426. The van der Waals surface area contributed by atoms with E-state index in [9.17, 15) is 9.59 Å². The van der Waals surface area contributed by atoms with E-state index in [1.165, 1.54) is 7.11 Å². The van der Waals surface area contributed by atoms with Gasteiger partial charge in [-0.15, -0.1) is 0 Å². The van der Waals surface area contributed by atoms with Crippen LogP contribution in [0.3, 0.4) is 0 Å². The van der Waals surface area contributed by atoms with Crippen LogP contribution in [0.4, 0.5) is 0 Å². The Balaban J connectivity index is 3.25. The molecule has 0 saturated heterocycles. The predicted molar refractivity (Wildman–Crippen MR) is 47.5 cm³/mol. The molecule has 5 heteroatoms. The summed E-state index contributed by atoms with van der Waals surface area (Å²) >= 11 is 5.08. The molecule has 0 amide bonds. The molecule has 0 rings (SSSR count). The van der Waals surface area contributed by atoms with Crippen molar-refractivity contribution in [1.29, 1.82) is 0 Å². The van der Waals surface area contributed by atoms with Crippen LogP contribution in [0.1, 0.15) is 19.3 Å². The molecular weight excluding hydrogens is 196 g/mol. The molecule has 4 nitrogen and oxygen atoms in total. The maximum Gasteiger partial charge on any atom is 0.305 e. The van der Waals surface area contributed by atoms with Crippen LogP contribution in [0.2, 0.25) is 0 Å². The standard InChI is InChI=1S/C8H13ClO4/c1-12-5-6-13-8(11)4-2-3-7(9)10/h2-6H2,1H3. The van der Waals surface area contributed by atoms with Crippen LogP contribution in [-0.4, -0.2) is 31.5 Å². The minimum atomic E-state index is -0.426. The number of hydrogen-bond acceptors (Lipinski definition) is 4. The van der Waals surface area contributed by atoms with Crippen LogP contribution in [-0.2, 0) is 19.1 Å². The number of halogens is 1. The molecule has 0 aromatic rings. The molecule has 0 bridgehead atoms. The minimum Gasteiger partial charge on any atom is -0.463 e. The summed E-state index contributed by atoms with van der Waals surface area (Å²) in [5.41, 5.74) is 0. The Hall–Kier alpha value is -0.610. The fourth-order valence-corrected chi connectivity index (χ4v) is 0.816. The average Bonchev–Trinajstić information content (AvgIpc) is 2.04. The molecule has 0 atom stereocenters. The normalized spacial score (nSPS) is 9.69. The lowest BCUT2D eigenvalue weighted by molar-refractivity contribution is -0.145. The Morgan fingerprint density at radius 3 is 2.46 bits per heavy atom. The van der Waals surface area contributed by atoms with Crippen molar-refractivity contribution in [3.8, 4) is 0 Å². The van der Waals surface area contributed by atoms with Crippen LogP contribution in [0.5, 0.6) is 0 Å². The van der Waals surface area contributed by atoms with Crippen molar-refractivity contribution in [2.45, 2.75) is 19.3 Å². The van der Waals surface area contributed by atoms with Crippen molar-refractivity contribution in [2.24, 2.45) is 0 Å². The Labute approximate surface area is 82.1 Å². The highest BCUT2D eigenvalue weighted by Crippen LogP contribution is 2.00. The van der Waals surface area contributed by atoms with E-state index >= 15 is 0 Å². The van der Waals surface area contributed by atoms with Gasteiger partial charge in [-0.25, -0.2) is 0 Å². The van der Waals surface area contributed by atoms with Gasteiger partial charge in [0.25, 0.3) is 0 Å². The van der Waals surface area contributed by atoms with Gasteiger partial charge in [-0.3, -0.25) is 9.59 Å². The molecule has 0 fully saturated rings. The third kappa shape index (κ3) is 9.30. The summed E-state index contributed by atoms with van der Waals surface area (Å²) in [7, 11) is 1.53. The zero-order valence-corrected chi connectivity index (χ0v) is 8.30. The van der Waals surface area contributed by atoms with E-state index < -0.39 is 5.24 Å². The maximum atomic E-state index is 10.9. The van der Waals surface area contributed by atoms with E-state index in [2.05, 4.69) is 4.74 Å². The lowest BCUT2D eigenvalue weighted by Gasteiger charge is -2.02. The minimum absolute atomic E-state index is 0.209. The highest BCUT2D eigenvalue weighted by Gasteiger charge is 2.03. The van der Waals surface area contributed by atoms with Crippen LogP contribution in [0.25, 0.3) is 0 Å². The number of esters is 1. The Bertz CT molecular complexity index is 170. The molecule has 0 aromatic heterocycles. The largest absolute Gasteiger partial charge is 0.463 e. The molecular formula is C8H13ClO4. The molecule has 13 heavy (non-hydrogen) atoms. The zero-order valence-electron chi connectivity index (χ0n) is 7.55. The first-order valence-corrected chi connectivity index (χ1v) is 4.37. The highest BCUT2D eigenvalue weighted by atomic mass is 35.5. The summed E-state index contributed by atoms with van der Waals surface area (Å²) in [5.74, 6) is -0.324. The first-order chi connectivity index (χ1) is 6.16. The van der Waals surface area contributed by atoms with E-state index in [1.54, 1.807) is 0 Å². The molecule has 0 radical (unpaired) electrons. The molecule has 0 aliphatic carbocycles. The van der Waals surface area contributed by atoms with Crippen molar-refractivity contribution < 1.29 is 19.1 Å². The van der Waals surface area contributed by atoms with Gasteiger partial charge in [0.2, 0.25) is 5.24 Å². The number of ether oxygens (including phenoxy) is 2. The van der Waals surface area contributed by atoms with Crippen LogP contribution in [0, 0.1) is 0 Å².